The van der Waals surface area contributed by atoms with Crippen LogP contribution in [-0.2, 0) is 28.8 Å². The maximum Gasteiger partial charge on any atom is 0.326 e. The zero-order valence-electron chi connectivity index (χ0n) is 19.5. The Morgan fingerprint density at radius 2 is 1.34 bits per heavy atom. The molecule has 0 aliphatic rings. The smallest absolute Gasteiger partial charge is 0.326 e. The Kier molecular flexibility index (Phi) is 13.4. The zero-order valence-corrected chi connectivity index (χ0v) is 19.5. The lowest BCUT2D eigenvalue weighted by Gasteiger charge is -2.25. The average molecular weight is 503 g/mol. The minimum Gasteiger partial charge on any atom is -0.481 e. The number of guanidine groups is 1. The van der Waals surface area contributed by atoms with E-state index in [1.54, 1.807) is 0 Å². The van der Waals surface area contributed by atoms with Gasteiger partial charge in [-0.25, -0.2) is 4.79 Å². The minimum atomic E-state index is -1.66. The van der Waals surface area contributed by atoms with Gasteiger partial charge in [-0.3, -0.25) is 29.0 Å². The Hall–Kier alpha value is -3.95. The maximum absolute atomic E-state index is 12.7. The third kappa shape index (κ3) is 12.8. The van der Waals surface area contributed by atoms with Crippen LogP contribution in [0.1, 0.15) is 39.5 Å². The second-order valence-corrected chi connectivity index (χ2v) is 8.01. The summed E-state index contributed by atoms with van der Waals surface area (Å²) in [5, 5.41) is 24.9. The van der Waals surface area contributed by atoms with Crippen molar-refractivity contribution in [2.75, 3.05) is 6.54 Å². The van der Waals surface area contributed by atoms with Crippen molar-refractivity contribution in [2.45, 2.75) is 63.7 Å². The Morgan fingerprint density at radius 3 is 1.80 bits per heavy atom. The maximum atomic E-state index is 12.7. The number of amides is 4. The lowest BCUT2D eigenvalue weighted by molar-refractivity contribution is -0.144. The summed E-state index contributed by atoms with van der Waals surface area (Å²) in [5.74, 6) is -7.47. The molecule has 0 spiro atoms. The van der Waals surface area contributed by atoms with Crippen LogP contribution in [0.25, 0.3) is 0 Å². The predicted octanol–water partition coefficient (Wildman–Crippen LogP) is -4.09. The zero-order chi connectivity index (χ0) is 27.3. The SMILES string of the molecule is CC(C)C(NC(=O)C(CC(N)=O)NC(=O)C(CC(=O)O)NC(=O)C(N)CCCN=C(N)N)C(=O)O. The Labute approximate surface area is 201 Å². The van der Waals surface area contributed by atoms with Crippen molar-refractivity contribution < 1.29 is 39.0 Å². The number of hydrogen-bond donors (Lipinski definition) is 9. The van der Waals surface area contributed by atoms with Gasteiger partial charge in [-0.2, -0.15) is 0 Å². The molecule has 0 aromatic heterocycles. The van der Waals surface area contributed by atoms with E-state index in [2.05, 4.69) is 20.9 Å². The number of primary amides is 1. The molecule has 0 saturated carbocycles. The molecule has 35 heavy (non-hydrogen) atoms. The first kappa shape index (κ1) is 31.0. The quantitative estimate of drug-likeness (QED) is 0.0555. The van der Waals surface area contributed by atoms with Crippen molar-refractivity contribution in [2.24, 2.45) is 33.8 Å². The van der Waals surface area contributed by atoms with Gasteiger partial charge in [-0.05, 0) is 18.8 Å². The Morgan fingerprint density at radius 1 is 0.829 bits per heavy atom. The first-order valence-electron chi connectivity index (χ1n) is 10.6. The Balaban J connectivity index is 5.43. The molecule has 0 aliphatic carbocycles. The van der Waals surface area contributed by atoms with Gasteiger partial charge in [0.1, 0.15) is 18.1 Å². The molecule has 0 bridgehead atoms. The van der Waals surface area contributed by atoms with E-state index in [-0.39, 0.29) is 18.9 Å². The van der Waals surface area contributed by atoms with E-state index >= 15 is 0 Å². The van der Waals surface area contributed by atoms with Gasteiger partial charge in [0.05, 0.1) is 18.9 Å². The summed E-state index contributed by atoms with van der Waals surface area (Å²) < 4.78 is 0. The molecule has 4 atom stereocenters. The van der Waals surface area contributed by atoms with Gasteiger partial charge in [0.2, 0.25) is 23.6 Å². The number of rotatable bonds is 16. The largest absolute Gasteiger partial charge is 0.481 e. The summed E-state index contributed by atoms with van der Waals surface area (Å²) in [7, 11) is 0. The van der Waals surface area contributed by atoms with E-state index in [1.807, 2.05) is 0 Å². The van der Waals surface area contributed by atoms with Crippen LogP contribution in [0.15, 0.2) is 4.99 Å². The van der Waals surface area contributed by atoms with Gasteiger partial charge < -0.3 is 49.1 Å². The van der Waals surface area contributed by atoms with Gasteiger partial charge in [0.25, 0.3) is 0 Å². The average Bonchev–Trinajstić information content (AvgIpc) is 2.72. The second-order valence-electron chi connectivity index (χ2n) is 8.01. The molecule has 0 rings (SSSR count). The number of nitrogens with one attached hydrogen (secondary N) is 3. The van der Waals surface area contributed by atoms with Crippen LogP contribution in [0.3, 0.4) is 0 Å². The highest BCUT2D eigenvalue weighted by Crippen LogP contribution is 2.05. The highest BCUT2D eigenvalue weighted by Gasteiger charge is 2.32. The first-order chi connectivity index (χ1) is 16.1. The van der Waals surface area contributed by atoms with Gasteiger partial charge in [0.15, 0.2) is 5.96 Å². The van der Waals surface area contributed by atoms with Crippen molar-refractivity contribution >= 4 is 41.5 Å². The summed E-state index contributed by atoms with van der Waals surface area (Å²) in [4.78, 5) is 75.3. The molecule has 16 nitrogen and oxygen atoms in total. The highest BCUT2D eigenvalue weighted by atomic mass is 16.4. The van der Waals surface area contributed by atoms with Crippen molar-refractivity contribution in [3.05, 3.63) is 0 Å². The van der Waals surface area contributed by atoms with Crippen molar-refractivity contribution in [1.29, 1.82) is 0 Å². The fourth-order valence-electron chi connectivity index (χ4n) is 2.76. The second kappa shape index (κ2) is 15.0. The van der Waals surface area contributed by atoms with Crippen LogP contribution in [0, 0.1) is 5.92 Å². The predicted molar refractivity (Wildman–Crippen MR) is 122 cm³/mol. The number of nitrogens with two attached hydrogens (primary N) is 4. The number of hydrogen-bond acceptors (Lipinski definition) is 8. The lowest BCUT2D eigenvalue weighted by atomic mass is 10.0. The molecule has 4 amide bonds. The van der Waals surface area contributed by atoms with E-state index < -0.39 is 78.5 Å². The fraction of sp³-hybridized carbons (Fsp3) is 0.632. The topological polar surface area (TPSA) is 295 Å². The molecule has 198 valence electrons. The van der Waals surface area contributed by atoms with E-state index in [9.17, 15) is 33.9 Å². The first-order valence-corrected chi connectivity index (χ1v) is 10.6. The summed E-state index contributed by atoms with van der Waals surface area (Å²) in [6.45, 7) is 3.25. The molecule has 16 heteroatoms. The van der Waals surface area contributed by atoms with Crippen LogP contribution in [0.4, 0.5) is 0 Å². The van der Waals surface area contributed by atoms with Gasteiger partial charge >= 0.3 is 11.9 Å². The number of aliphatic imine (C=N–C) groups is 1. The third-order valence-electron chi connectivity index (χ3n) is 4.58. The normalized spacial score (nSPS) is 14.1. The summed E-state index contributed by atoms with van der Waals surface area (Å²) in [6.07, 6.45) is -1.14. The van der Waals surface area contributed by atoms with Gasteiger partial charge in [-0.15, -0.1) is 0 Å². The molecule has 13 N–H and O–H groups in total. The molecule has 0 aliphatic heterocycles. The number of carboxylic acid groups (broad SMARTS) is 2. The molecule has 4 unspecified atom stereocenters. The third-order valence-corrected chi connectivity index (χ3v) is 4.58. The molecule has 0 fully saturated rings. The van der Waals surface area contributed by atoms with E-state index in [0.717, 1.165) is 0 Å². The van der Waals surface area contributed by atoms with Crippen LogP contribution in [0.5, 0.6) is 0 Å². The summed E-state index contributed by atoms with van der Waals surface area (Å²) >= 11 is 0. The van der Waals surface area contributed by atoms with Crippen LogP contribution in [-0.4, -0.2) is 82.5 Å². The van der Waals surface area contributed by atoms with Crippen molar-refractivity contribution in [3.8, 4) is 0 Å². The number of carbonyl (C=O) groups is 6. The van der Waals surface area contributed by atoms with Crippen LogP contribution in [0.2, 0.25) is 0 Å². The van der Waals surface area contributed by atoms with E-state index in [0.29, 0.717) is 6.42 Å². The van der Waals surface area contributed by atoms with Gasteiger partial charge in [0, 0.05) is 6.54 Å². The van der Waals surface area contributed by atoms with Gasteiger partial charge in [-0.1, -0.05) is 13.8 Å². The monoisotopic (exact) mass is 502 g/mol. The molecule has 0 aromatic carbocycles. The lowest BCUT2D eigenvalue weighted by Crippen LogP contribution is -2.58. The molecule has 0 radical (unpaired) electrons. The van der Waals surface area contributed by atoms with E-state index in [1.165, 1.54) is 13.8 Å². The summed E-state index contributed by atoms with van der Waals surface area (Å²) in [6, 6.07) is -5.74. The standard InChI is InChI=1S/C19H34N8O8/c1-8(2)14(18(34)35)27-17(33)10(6-12(21)28)26-16(32)11(7-13(29)30)25-15(31)9(20)4-3-5-24-19(22)23/h8-11,14H,3-7,20H2,1-2H3,(H2,21,28)(H,25,31)(H,26,32)(H,27,33)(H,29,30)(H,34,35)(H4,22,23,24). The molecular formula is C19H34N8O8. The number of carboxylic acids is 2. The Bertz CT molecular complexity index is 828. The van der Waals surface area contributed by atoms with Crippen molar-refractivity contribution in [3.63, 3.8) is 0 Å². The molecular weight excluding hydrogens is 468 g/mol. The molecule has 0 aromatic rings. The molecule has 0 saturated heterocycles. The fourth-order valence-corrected chi connectivity index (χ4v) is 2.76. The minimum absolute atomic E-state index is 0.114. The number of carbonyl (C=O) groups excluding carboxylic acids is 4. The van der Waals surface area contributed by atoms with Crippen LogP contribution < -0.4 is 38.9 Å². The number of nitrogens with zero attached hydrogens (tertiary/aromatic N) is 1. The highest BCUT2D eigenvalue weighted by molar-refractivity contribution is 5.97. The number of aliphatic carboxylic acids is 2. The van der Waals surface area contributed by atoms with Crippen molar-refractivity contribution in [1.82, 2.24) is 16.0 Å². The van der Waals surface area contributed by atoms with E-state index in [4.69, 9.17) is 28.0 Å². The van der Waals surface area contributed by atoms with Crippen LogP contribution >= 0.6 is 0 Å². The molecule has 0 heterocycles. The summed E-state index contributed by atoms with van der Waals surface area (Å²) in [5.41, 5.74) is 21.3.